The molecule has 4 heteroatoms. The van der Waals surface area contributed by atoms with E-state index in [-0.39, 0.29) is 5.91 Å². The van der Waals surface area contributed by atoms with E-state index in [4.69, 9.17) is 0 Å². The molecule has 0 atom stereocenters. The molecule has 1 heterocycles. The number of nitrogens with one attached hydrogen (secondary N) is 2. The van der Waals surface area contributed by atoms with E-state index in [9.17, 15) is 4.79 Å². The lowest BCUT2D eigenvalue weighted by molar-refractivity contribution is -0.118. The average molecular weight is 233 g/mol. The van der Waals surface area contributed by atoms with Gasteiger partial charge in [0.1, 0.15) is 0 Å². The number of rotatable bonds is 3. The number of hydrogen-bond donors (Lipinski definition) is 2. The average Bonchev–Trinajstić information content (AvgIpc) is 2.52. The second-order valence-electron chi connectivity index (χ2n) is 4.28. The number of fused-ring (bicyclic) bond motifs is 1. The molecule has 1 aromatic rings. The Morgan fingerprint density at radius 3 is 3.12 bits per heavy atom. The van der Waals surface area contributed by atoms with Crippen LogP contribution in [0.2, 0.25) is 0 Å². The lowest BCUT2D eigenvalue weighted by Crippen LogP contribution is -2.36. The van der Waals surface area contributed by atoms with Crippen molar-refractivity contribution in [1.82, 2.24) is 10.6 Å². The molecular weight excluding hydrogens is 214 g/mol. The predicted octanol–water partition coefficient (Wildman–Crippen LogP) is 0.732. The van der Waals surface area contributed by atoms with Crippen LogP contribution in [0.4, 0.5) is 5.69 Å². The van der Waals surface area contributed by atoms with Crippen LogP contribution in [0, 0.1) is 0 Å². The normalized spacial score (nSPS) is 15.0. The van der Waals surface area contributed by atoms with Gasteiger partial charge in [0.15, 0.2) is 0 Å². The first-order valence-electron chi connectivity index (χ1n) is 6.05. The molecule has 0 saturated heterocycles. The molecule has 92 valence electrons. The van der Waals surface area contributed by atoms with E-state index in [1.54, 1.807) is 6.92 Å². The molecule has 0 unspecified atom stereocenters. The minimum absolute atomic E-state index is 0.0335. The standard InChI is InChI=1S/C13H19N3O/c1-11(17)15-7-9-16-8-6-14-10-12-4-2-3-5-13(12)16/h2-5,14H,6-10H2,1H3,(H,15,17). The van der Waals surface area contributed by atoms with E-state index in [0.29, 0.717) is 6.54 Å². The van der Waals surface area contributed by atoms with Crippen LogP contribution in [0.3, 0.4) is 0 Å². The summed E-state index contributed by atoms with van der Waals surface area (Å²) in [5.74, 6) is 0.0335. The largest absolute Gasteiger partial charge is 0.368 e. The van der Waals surface area contributed by atoms with Gasteiger partial charge < -0.3 is 15.5 Å². The van der Waals surface area contributed by atoms with Crippen molar-refractivity contribution < 1.29 is 4.79 Å². The van der Waals surface area contributed by atoms with Gasteiger partial charge in [-0.2, -0.15) is 0 Å². The van der Waals surface area contributed by atoms with Gasteiger partial charge in [-0.3, -0.25) is 4.79 Å². The van der Waals surface area contributed by atoms with Crippen LogP contribution >= 0.6 is 0 Å². The van der Waals surface area contributed by atoms with Crippen molar-refractivity contribution in [2.24, 2.45) is 0 Å². The predicted molar refractivity (Wildman–Crippen MR) is 69.0 cm³/mol. The van der Waals surface area contributed by atoms with Crippen molar-refractivity contribution in [3.05, 3.63) is 29.8 Å². The van der Waals surface area contributed by atoms with E-state index in [1.165, 1.54) is 11.3 Å². The number of para-hydroxylation sites is 1. The fourth-order valence-electron chi connectivity index (χ4n) is 2.13. The summed E-state index contributed by atoms with van der Waals surface area (Å²) in [6.45, 7) is 6.00. The summed E-state index contributed by atoms with van der Waals surface area (Å²) in [5.41, 5.74) is 2.61. The van der Waals surface area contributed by atoms with Gasteiger partial charge in [-0.25, -0.2) is 0 Å². The molecule has 0 bridgehead atoms. The smallest absolute Gasteiger partial charge is 0.216 e. The van der Waals surface area contributed by atoms with Crippen LogP contribution in [0.5, 0.6) is 0 Å². The summed E-state index contributed by atoms with van der Waals surface area (Å²) in [7, 11) is 0. The van der Waals surface area contributed by atoms with Crippen LogP contribution in [-0.2, 0) is 11.3 Å². The molecule has 0 saturated carbocycles. The second-order valence-corrected chi connectivity index (χ2v) is 4.28. The molecule has 0 aromatic heterocycles. The summed E-state index contributed by atoms with van der Waals surface area (Å²) >= 11 is 0. The number of amides is 1. The molecule has 0 radical (unpaired) electrons. The molecule has 0 spiro atoms. The molecule has 2 rings (SSSR count). The Morgan fingerprint density at radius 2 is 2.29 bits per heavy atom. The Morgan fingerprint density at radius 1 is 1.47 bits per heavy atom. The van der Waals surface area contributed by atoms with E-state index in [1.807, 2.05) is 0 Å². The third-order valence-corrected chi connectivity index (χ3v) is 2.96. The SMILES string of the molecule is CC(=O)NCCN1CCNCc2ccccc21. The summed E-state index contributed by atoms with van der Waals surface area (Å²) in [4.78, 5) is 13.2. The maximum Gasteiger partial charge on any atom is 0.216 e. The lowest BCUT2D eigenvalue weighted by Gasteiger charge is -2.24. The third-order valence-electron chi connectivity index (χ3n) is 2.96. The fourth-order valence-corrected chi connectivity index (χ4v) is 2.13. The minimum atomic E-state index is 0.0335. The van der Waals surface area contributed by atoms with Crippen molar-refractivity contribution in [2.75, 3.05) is 31.1 Å². The van der Waals surface area contributed by atoms with Crippen LogP contribution in [0.25, 0.3) is 0 Å². The summed E-state index contributed by atoms with van der Waals surface area (Å²) in [6.07, 6.45) is 0. The minimum Gasteiger partial charge on any atom is -0.368 e. The Hall–Kier alpha value is -1.55. The van der Waals surface area contributed by atoms with E-state index in [0.717, 1.165) is 26.2 Å². The zero-order chi connectivity index (χ0) is 12.1. The van der Waals surface area contributed by atoms with E-state index >= 15 is 0 Å². The number of anilines is 1. The number of nitrogens with zero attached hydrogens (tertiary/aromatic N) is 1. The Labute approximate surface area is 102 Å². The fraction of sp³-hybridized carbons (Fsp3) is 0.462. The molecular formula is C13H19N3O. The van der Waals surface area contributed by atoms with E-state index < -0.39 is 0 Å². The number of carbonyl (C=O) groups excluding carboxylic acids is 1. The van der Waals surface area contributed by atoms with Crippen molar-refractivity contribution in [2.45, 2.75) is 13.5 Å². The van der Waals surface area contributed by atoms with Crippen molar-refractivity contribution in [3.8, 4) is 0 Å². The highest BCUT2D eigenvalue weighted by Crippen LogP contribution is 2.21. The molecule has 0 aliphatic carbocycles. The first-order valence-corrected chi connectivity index (χ1v) is 6.05. The van der Waals surface area contributed by atoms with Gasteiger partial charge in [-0.05, 0) is 11.6 Å². The molecule has 2 N–H and O–H groups in total. The summed E-state index contributed by atoms with van der Waals surface area (Å²) in [5, 5.41) is 6.25. The van der Waals surface area contributed by atoms with Gasteiger partial charge in [0.25, 0.3) is 0 Å². The van der Waals surface area contributed by atoms with Crippen LogP contribution in [-0.4, -0.2) is 32.1 Å². The van der Waals surface area contributed by atoms with Crippen LogP contribution in [0.1, 0.15) is 12.5 Å². The summed E-state index contributed by atoms with van der Waals surface area (Å²) in [6, 6.07) is 8.43. The van der Waals surface area contributed by atoms with Crippen LogP contribution < -0.4 is 15.5 Å². The molecule has 1 amide bonds. The van der Waals surface area contributed by atoms with Gasteiger partial charge in [0.2, 0.25) is 5.91 Å². The molecule has 1 aliphatic heterocycles. The molecule has 4 nitrogen and oxygen atoms in total. The number of benzene rings is 1. The monoisotopic (exact) mass is 233 g/mol. The van der Waals surface area contributed by atoms with Gasteiger partial charge >= 0.3 is 0 Å². The Bertz CT molecular complexity index is 392. The van der Waals surface area contributed by atoms with E-state index in [2.05, 4.69) is 39.8 Å². The maximum atomic E-state index is 10.9. The zero-order valence-electron chi connectivity index (χ0n) is 10.2. The Balaban J connectivity index is 2.04. The number of hydrogen-bond acceptors (Lipinski definition) is 3. The lowest BCUT2D eigenvalue weighted by atomic mass is 10.1. The quantitative estimate of drug-likeness (QED) is 0.809. The third kappa shape index (κ3) is 3.20. The molecule has 17 heavy (non-hydrogen) atoms. The number of carbonyl (C=O) groups is 1. The van der Waals surface area contributed by atoms with Gasteiger partial charge in [0, 0.05) is 45.3 Å². The highest BCUT2D eigenvalue weighted by molar-refractivity contribution is 5.72. The Kier molecular flexibility index (Phi) is 3.98. The molecule has 1 aromatic carbocycles. The van der Waals surface area contributed by atoms with Crippen molar-refractivity contribution >= 4 is 11.6 Å². The molecule has 1 aliphatic rings. The highest BCUT2D eigenvalue weighted by atomic mass is 16.1. The zero-order valence-corrected chi connectivity index (χ0v) is 10.2. The highest BCUT2D eigenvalue weighted by Gasteiger charge is 2.13. The van der Waals surface area contributed by atoms with Gasteiger partial charge in [-0.1, -0.05) is 18.2 Å². The van der Waals surface area contributed by atoms with Crippen LogP contribution in [0.15, 0.2) is 24.3 Å². The first kappa shape index (κ1) is 11.9. The maximum absolute atomic E-state index is 10.9. The van der Waals surface area contributed by atoms with Crippen molar-refractivity contribution in [1.29, 1.82) is 0 Å². The molecule has 0 fully saturated rings. The van der Waals surface area contributed by atoms with Crippen molar-refractivity contribution in [3.63, 3.8) is 0 Å². The van der Waals surface area contributed by atoms with Gasteiger partial charge in [-0.15, -0.1) is 0 Å². The summed E-state index contributed by atoms with van der Waals surface area (Å²) < 4.78 is 0. The second kappa shape index (κ2) is 5.68. The first-order chi connectivity index (χ1) is 8.27. The van der Waals surface area contributed by atoms with Gasteiger partial charge in [0.05, 0.1) is 0 Å². The topological polar surface area (TPSA) is 44.4 Å².